The number of aryl methyl sites for hydroxylation is 1. The van der Waals surface area contributed by atoms with Crippen LogP contribution in [0.25, 0.3) is 27.3 Å². The van der Waals surface area contributed by atoms with Crippen molar-refractivity contribution in [2.45, 2.75) is 19.9 Å². The molecular weight excluding hydrogens is 461 g/mol. The maximum absolute atomic E-state index is 13.1. The number of thiophene rings is 1. The lowest BCUT2D eigenvalue weighted by atomic mass is 10.1. The van der Waals surface area contributed by atoms with Crippen LogP contribution >= 0.6 is 22.7 Å². The van der Waals surface area contributed by atoms with Gasteiger partial charge in [-0.1, -0.05) is 30.4 Å². The summed E-state index contributed by atoms with van der Waals surface area (Å²) < 4.78 is 14.7. The fraction of sp³-hybridized carbons (Fsp3) is 0.136. The van der Waals surface area contributed by atoms with Gasteiger partial charge < -0.3 is 11.1 Å². The van der Waals surface area contributed by atoms with Crippen molar-refractivity contribution in [1.29, 1.82) is 0 Å². The van der Waals surface area contributed by atoms with Gasteiger partial charge in [0, 0.05) is 18.3 Å². The summed E-state index contributed by atoms with van der Waals surface area (Å²) in [5.41, 5.74) is 9.76. The number of aromatic nitrogens is 5. The number of pyridine rings is 1. The number of anilines is 1. The van der Waals surface area contributed by atoms with E-state index in [1.807, 2.05) is 30.6 Å². The highest BCUT2D eigenvalue weighted by atomic mass is 32.1. The summed E-state index contributed by atoms with van der Waals surface area (Å²) in [6.45, 7) is 2.34. The van der Waals surface area contributed by atoms with E-state index in [-0.39, 0.29) is 17.7 Å². The summed E-state index contributed by atoms with van der Waals surface area (Å²) in [5, 5.41) is 19.2. The Balaban J connectivity index is 1.43. The molecule has 166 valence electrons. The van der Waals surface area contributed by atoms with Crippen LogP contribution in [-0.2, 0) is 13.0 Å². The van der Waals surface area contributed by atoms with Gasteiger partial charge in [-0.2, -0.15) is 4.98 Å². The SMILES string of the molecule is CCc1nnc(-c2cc(-c3csc(C(=O)NCc4ccc(F)cc4)c3)cn3nc(N)nc23)s1. The highest BCUT2D eigenvalue weighted by Crippen LogP contribution is 2.33. The van der Waals surface area contributed by atoms with Crippen LogP contribution in [0.3, 0.4) is 0 Å². The minimum absolute atomic E-state index is 0.166. The molecule has 33 heavy (non-hydrogen) atoms. The van der Waals surface area contributed by atoms with Crippen LogP contribution in [0, 0.1) is 5.82 Å². The molecule has 0 spiro atoms. The first-order chi connectivity index (χ1) is 16.0. The molecule has 1 amide bonds. The van der Waals surface area contributed by atoms with Crippen molar-refractivity contribution in [3.63, 3.8) is 0 Å². The predicted octanol–water partition coefficient (Wildman–Crippen LogP) is 4.19. The second kappa shape index (κ2) is 8.68. The summed E-state index contributed by atoms with van der Waals surface area (Å²) >= 11 is 2.84. The number of rotatable bonds is 6. The molecule has 1 aromatic carbocycles. The normalized spacial score (nSPS) is 11.2. The summed E-state index contributed by atoms with van der Waals surface area (Å²) in [4.78, 5) is 17.5. The van der Waals surface area contributed by atoms with Crippen molar-refractivity contribution in [1.82, 2.24) is 30.1 Å². The van der Waals surface area contributed by atoms with Gasteiger partial charge in [-0.05, 0) is 47.2 Å². The first-order valence-corrected chi connectivity index (χ1v) is 11.8. The van der Waals surface area contributed by atoms with Crippen LogP contribution in [0.4, 0.5) is 10.3 Å². The van der Waals surface area contributed by atoms with Crippen LogP contribution in [0.5, 0.6) is 0 Å². The zero-order valence-electron chi connectivity index (χ0n) is 17.4. The molecule has 0 radical (unpaired) electrons. The zero-order valence-corrected chi connectivity index (χ0v) is 19.1. The number of carbonyl (C=O) groups excluding carboxylic acids is 1. The first-order valence-electron chi connectivity index (χ1n) is 10.1. The van der Waals surface area contributed by atoms with Crippen molar-refractivity contribution >= 4 is 40.2 Å². The van der Waals surface area contributed by atoms with E-state index in [2.05, 4.69) is 25.6 Å². The third-order valence-corrected chi connectivity index (χ3v) is 7.00. The summed E-state index contributed by atoms with van der Waals surface area (Å²) in [6, 6.07) is 9.83. The maximum Gasteiger partial charge on any atom is 0.261 e. The maximum atomic E-state index is 13.1. The largest absolute Gasteiger partial charge is 0.366 e. The number of fused-ring (bicyclic) bond motifs is 1. The van der Waals surface area contributed by atoms with Gasteiger partial charge in [-0.25, -0.2) is 8.91 Å². The monoisotopic (exact) mass is 479 g/mol. The molecule has 0 fully saturated rings. The Morgan fingerprint density at radius 2 is 2.00 bits per heavy atom. The lowest BCUT2D eigenvalue weighted by Gasteiger charge is -2.04. The van der Waals surface area contributed by atoms with E-state index in [9.17, 15) is 9.18 Å². The molecule has 0 saturated carbocycles. The molecule has 0 aliphatic rings. The number of hydrogen-bond acceptors (Lipinski definition) is 8. The van der Waals surface area contributed by atoms with Crippen LogP contribution in [0.1, 0.15) is 27.2 Å². The number of nitrogens with two attached hydrogens (primary N) is 1. The van der Waals surface area contributed by atoms with Crippen LogP contribution in [0.2, 0.25) is 0 Å². The Labute approximate surface area is 195 Å². The van der Waals surface area contributed by atoms with Crippen molar-refractivity contribution in [3.8, 4) is 21.7 Å². The first kappa shape index (κ1) is 21.2. The number of halogens is 1. The van der Waals surface area contributed by atoms with Crippen molar-refractivity contribution < 1.29 is 9.18 Å². The number of amides is 1. The molecule has 5 aromatic rings. The smallest absolute Gasteiger partial charge is 0.261 e. The van der Waals surface area contributed by atoms with Gasteiger partial charge in [0.1, 0.15) is 10.8 Å². The molecule has 0 saturated heterocycles. The van der Waals surface area contributed by atoms with Gasteiger partial charge in [0.05, 0.1) is 10.4 Å². The minimum atomic E-state index is -0.308. The van der Waals surface area contributed by atoms with E-state index in [0.29, 0.717) is 17.1 Å². The molecule has 11 heteroatoms. The zero-order chi connectivity index (χ0) is 22.9. The Hall–Kier alpha value is -3.70. The number of nitrogens with one attached hydrogen (secondary N) is 1. The Morgan fingerprint density at radius 3 is 2.76 bits per heavy atom. The number of nitrogen functional groups attached to an aromatic ring is 1. The topological polar surface area (TPSA) is 111 Å². The predicted molar refractivity (Wildman–Crippen MR) is 127 cm³/mol. The summed E-state index contributed by atoms with van der Waals surface area (Å²) in [6.07, 6.45) is 2.62. The average Bonchev–Trinajstić information content (AvgIpc) is 3.56. The van der Waals surface area contributed by atoms with Crippen LogP contribution in [-0.4, -0.2) is 30.7 Å². The molecule has 5 rings (SSSR count). The number of nitrogens with zero attached hydrogens (tertiary/aromatic N) is 5. The third kappa shape index (κ3) is 4.32. The van der Waals surface area contributed by atoms with Crippen LogP contribution < -0.4 is 11.1 Å². The molecule has 0 aliphatic heterocycles. The molecule has 3 N–H and O–H groups in total. The van der Waals surface area contributed by atoms with E-state index in [1.54, 1.807) is 16.6 Å². The van der Waals surface area contributed by atoms with Crippen molar-refractivity contribution in [3.05, 3.63) is 69.2 Å². The number of hydrogen-bond donors (Lipinski definition) is 2. The third-order valence-electron chi connectivity index (χ3n) is 4.97. The van der Waals surface area contributed by atoms with E-state index >= 15 is 0 Å². The lowest BCUT2D eigenvalue weighted by molar-refractivity contribution is 0.0955. The fourth-order valence-electron chi connectivity index (χ4n) is 3.30. The van der Waals surface area contributed by atoms with E-state index in [4.69, 9.17) is 5.73 Å². The Kier molecular flexibility index (Phi) is 5.56. The Morgan fingerprint density at radius 1 is 1.18 bits per heavy atom. The second-order valence-corrected chi connectivity index (χ2v) is 9.22. The van der Waals surface area contributed by atoms with Gasteiger partial charge in [0.15, 0.2) is 10.7 Å². The average molecular weight is 480 g/mol. The fourth-order valence-corrected chi connectivity index (χ4v) is 4.92. The highest BCUT2D eigenvalue weighted by molar-refractivity contribution is 7.14. The molecule has 0 bridgehead atoms. The van der Waals surface area contributed by atoms with Gasteiger partial charge >= 0.3 is 0 Å². The second-order valence-electron chi connectivity index (χ2n) is 7.24. The van der Waals surface area contributed by atoms with Gasteiger partial charge in [0.2, 0.25) is 5.95 Å². The molecule has 0 unspecified atom stereocenters. The van der Waals surface area contributed by atoms with Crippen LogP contribution in [0.15, 0.2) is 48.0 Å². The number of benzene rings is 1. The van der Waals surface area contributed by atoms with E-state index < -0.39 is 0 Å². The molecule has 4 aromatic heterocycles. The standard InChI is InChI=1S/C22H18FN7OS2/c1-2-18-27-28-21(33-18)16-7-13(10-30-19(16)26-22(24)29-30)14-8-17(32-11-14)20(31)25-9-12-3-5-15(23)6-4-12/h3-8,10-11H,2,9H2,1H3,(H2,24,29)(H,25,31). The number of carbonyl (C=O) groups is 1. The summed E-state index contributed by atoms with van der Waals surface area (Å²) in [7, 11) is 0. The lowest BCUT2D eigenvalue weighted by Crippen LogP contribution is -2.21. The van der Waals surface area contributed by atoms with Gasteiger partial charge in [-0.3, -0.25) is 4.79 Å². The van der Waals surface area contributed by atoms with E-state index in [0.717, 1.165) is 38.7 Å². The van der Waals surface area contributed by atoms with Crippen molar-refractivity contribution in [2.75, 3.05) is 5.73 Å². The quantitative estimate of drug-likeness (QED) is 0.378. The summed E-state index contributed by atoms with van der Waals surface area (Å²) in [5.74, 6) is -0.337. The molecule has 4 heterocycles. The van der Waals surface area contributed by atoms with E-state index in [1.165, 1.54) is 34.8 Å². The highest BCUT2D eigenvalue weighted by Gasteiger charge is 2.17. The van der Waals surface area contributed by atoms with Gasteiger partial charge in [0.25, 0.3) is 5.91 Å². The molecule has 8 nitrogen and oxygen atoms in total. The van der Waals surface area contributed by atoms with Crippen molar-refractivity contribution in [2.24, 2.45) is 0 Å². The Bertz CT molecular complexity index is 1460. The van der Waals surface area contributed by atoms with Gasteiger partial charge in [-0.15, -0.1) is 26.6 Å². The molecule has 0 aliphatic carbocycles. The molecular formula is C22H18FN7OS2. The molecule has 0 atom stereocenters. The minimum Gasteiger partial charge on any atom is -0.366 e.